The molecule has 1 rings (SSSR count). The number of benzene rings is 1. The third-order valence-corrected chi connectivity index (χ3v) is 2.97. The minimum atomic E-state index is -0.271. The van der Waals surface area contributed by atoms with Crippen LogP contribution in [-0.4, -0.2) is 43.2 Å². The van der Waals surface area contributed by atoms with E-state index in [1.165, 1.54) is 5.56 Å². The van der Waals surface area contributed by atoms with E-state index in [4.69, 9.17) is 4.74 Å². The zero-order valence-corrected chi connectivity index (χ0v) is 13.7. The van der Waals surface area contributed by atoms with E-state index in [1.807, 2.05) is 26.8 Å². The summed E-state index contributed by atoms with van der Waals surface area (Å²) >= 11 is 0. The maximum absolute atomic E-state index is 11.6. The average Bonchev–Trinajstić information content (AvgIpc) is 2.42. The fourth-order valence-electron chi connectivity index (χ4n) is 1.88. The molecule has 4 heteroatoms. The Morgan fingerprint density at radius 3 is 2.52 bits per heavy atom. The smallest absolute Gasteiger partial charge is 0.246 e. The van der Waals surface area contributed by atoms with Crippen molar-refractivity contribution in [3.05, 3.63) is 35.9 Å². The number of nitrogens with one attached hydrogen (secondary N) is 1. The van der Waals surface area contributed by atoms with Gasteiger partial charge in [-0.2, -0.15) is 0 Å². The molecule has 4 nitrogen and oxygen atoms in total. The largest absolute Gasteiger partial charge is 0.366 e. The van der Waals surface area contributed by atoms with Gasteiger partial charge in [-0.15, -0.1) is 0 Å². The van der Waals surface area contributed by atoms with Gasteiger partial charge >= 0.3 is 0 Å². The molecule has 0 aliphatic carbocycles. The molecular weight excluding hydrogens is 264 g/mol. The lowest BCUT2D eigenvalue weighted by Crippen LogP contribution is -2.33. The van der Waals surface area contributed by atoms with Crippen LogP contribution in [0.2, 0.25) is 0 Å². The van der Waals surface area contributed by atoms with Crippen LogP contribution in [0.3, 0.4) is 0 Å². The van der Waals surface area contributed by atoms with E-state index in [9.17, 15) is 4.79 Å². The first-order valence-electron chi connectivity index (χ1n) is 7.50. The van der Waals surface area contributed by atoms with Crippen molar-refractivity contribution < 1.29 is 9.53 Å². The van der Waals surface area contributed by atoms with Crippen molar-refractivity contribution in [3.8, 4) is 0 Å². The maximum Gasteiger partial charge on any atom is 0.246 e. The number of nitrogens with zero attached hydrogens (tertiary/aromatic N) is 1. The molecule has 1 N–H and O–H groups in total. The zero-order chi connectivity index (χ0) is 15.7. The van der Waals surface area contributed by atoms with Crippen molar-refractivity contribution in [2.75, 3.05) is 26.7 Å². The van der Waals surface area contributed by atoms with Crippen molar-refractivity contribution in [2.45, 2.75) is 39.3 Å². The Labute approximate surface area is 128 Å². The molecule has 118 valence electrons. The second-order valence-electron chi connectivity index (χ2n) is 6.33. The minimum Gasteiger partial charge on any atom is -0.366 e. The lowest BCUT2D eigenvalue weighted by atomic mass is 10.2. The number of carbonyl (C=O) groups excluding carboxylic acids is 1. The number of hydrogen-bond donors (Lipinski definition) is 1. The molecule has 0 aromatic heterocycles. The predicted octanol–water partition coefficient (Wildman–Crippen LogP) is 2.44. The molecule has 0 saturated carbocycles. The quantitative estimate of drug-likeness (QED) is 0.748. The fourth-order valence-corrected chi connectivity index (χ4v) is 1.88. The molecule has 1 amide bonds. The summed E-state index contributed by atoms with van der Waals surface area (Å²) in [4.78, 5) is 13.8. The van der Waals surface area contributed by atoms with E-state index >= 15 is 0 Å². The van der Waals surface area contributed by atoms with Gasteiger partial charge in [-0.05, 0) is 46.3 Å². The van der Waals surface area contributed by atoms with Gasteiger partial charge in [0.2, 0.25) is 5.91 Å². The van der Waals surface area contributed by atoms with E-state index in [0.717, 1.165) is 19.5 Å². The second-order valence-corrected chi connectivity index (χ2v) is 6.33. The summed E-state index contributed by atoms with van der Waals surface area (Å²) in [5.74, 6) is -0.0457. The third-order valence-electron chi connectivity index (χ3n) is 2.97. The first-order valence-corrected chi connectivity index (χ1v) is 7.50. The molecule has 21 heavy (non-hydrogen) atoms. The summed E-state index contributed by atoms with van der Waals surface area (Å²) in [6.45, 7) is 8.53. The van der Waals surface area contributed by atoms with E-state index in [1.54, 1.807) is 0 Å². The van der Waals surface area contributed by atoms with Gasteiger partial charge in [-0.25, -0.2) is 0 Å². The van der Waals surface area contributed by atoms with E-state index < -0.39 is 0 Å². The molecule has 0 atom stereocenters. The van der Waals surface area contributed by atoms with Crippen molar-refractivity contribution >= 4 is 5.91 Å². The van der Waals surface area contributed by atoms with Gasteiger partial charge in [0.1, 0.15) is 6.61 Å². The first kappa shape index (κ1) is 17.7. The minimum absolute atomic E-state index is 0.0457. The molecule has 0 aliphatic rings. The molecular formula is C17H28N2O2. The highest BCUT2D eigenvalue weighted by molar-refractivity contribution is 5.77. The number of ether oxygens (including phenoxy) is 1. The van der Waals surface area contributed by atoms with Crippen LogP contribution in [0.4, 0.5) is 0 Å². The lowest BCUT2D eigenvalue weighted by Gasteiger charge is -2.19. The first-order chi connectivity index (χ1) is 9.87. The van der Waals surface area contributed by atoms with Crippen LogP contribution in [-0.2, 0) is 16.1 Å². The van der Waals surface area contributed by atoms with Gasteiger partial charge < -0.3 is 15.0 Å². The molecule has 1 aromatic carbocycles. The molecule has 1 aromatic rings. The summed E-state index contributed by atoms with van der Waals surface area (Å²) in [6.07, 6.45) is 0.935. The monoisotopic (exact) mass is 292 g/mol. The summed E-state index contributed by atoms with van der Waals surface area (Å²) in [5, 5.41) is 2.88. The molecule has 0 aliphatic heterocycles. The molecule has 0 unspecified atom stereocenters. The summed E-state index contributed by atoms with van der Waals surface area (Å²) in [6, 6.07) is 10.4. The highest BCUT2D eigenvalue weighted by Crippen LogP contribution is 2.05. The number of amides is 1. The van der Waals surface area contributed by atoms with Crippen molar-refractivity contribution in [1.82, 2.24) is 10.2 Å². The van der Waals surface area contributed by atoms with Crippen molar-refractivity contribution in [3.63, 3.8) is 0 Å². The van der Waals surface area contributed by atoms with Gasteiger partial charge in [0.15, 0.2) is 0 Å². The standard InChI is InChI=1S/C17H28N2O2/c1-17(2,3)21-14-16(20)18-11-8-12-19(4)13-15-9-6-5-7-10-15/h5-7,9-10H,8,11-14H2,1-4H3,(H,18,20). The van der Waals surface area contributed by atoms with E-state index in [0.29, 0.717) is 6.54 Å². The highest BCUT2D eigenvalue weighted by atomic mass is 16.5. The van der Waals surface area contributed by atoms with Gasteiger partial charge in [0, 0.05) is 13.1 Å². The van der Waals surface area contributed by atoms with Crippen molar-refractivity contribution in [1.29, 1.82) is 0 Å². The Balaban J connectivity index is 2.09. The maximum atomic E-state index is 11.6. The normalized spacial score (nSPS) is 11.7. The van der Waals surface area contributed by atoms with Gasteiger partial charge in [-0.3, -0.25) is 4.79 Å². The van der Waals surface area contributed by atoms with Crippen LogP contribution in [0.15, 0.2) is 30.3 Å². The molecule has 0 heterocycles. The fraction of sp³-hybridized carbons (Fsp3) is 0.588. The molecule has 0 radical (unpaired) electrons. The highest BCUT2D eigenvalue weighted by Gasteiger charge is 2.12. The molecule has 0 spiro atoms. The van der Waals surface area contributed by atoms with Gasteiger partial charge in [0.25, 0.3) is 0 Å². The molecule has 0 bridgehead atoms. The van der Waals surface area contributed by atoms with Crippen LogP contribution in [0.5, 0.6) is 0 Å². The summed E-state index contributed by atoms with van der Waals surface area (Å²) in [7, 11) is 2.09. The second kappa shape index (κ2) is 8.80. The van der Waals surface area contributed by atoms with Crippen LogP contribution < -0.4 is 5.32 Å². The predicted molar refractivity (Wildman–Crippen MR) is 86.1 cm³/mol. The zero-order valence-electron chi connectivity index (χ0n) is 13.7. The summed E-state index contributed by atoms with van der Waals surface area (Å²) in [5.41, 5.74) is 1.04. The van der Waals surface area contributed by atoms with Gasteiger partial charge in [0.05, 0.1) is 5.60 Å². The number of hydrogen-bond acceptors (Lipinski definition) is 3. The van der Waals surface area contributed by atoms with Crippen LogP contribution in [0.25, 0.3) is 0 Å². The van der Waals surface area contributed by atoms with Crippen LogP contribution >= 0.6 is 0 Å². The molecule has 0 saturated heterocycles. The van der Waals surface area contributed by atoms with E-state index in [-0.39, 0.29) is 18.1 Å². The SMILES string of the molecule is CN(CCCNC(=O)COC(C)(C)C)Cc1ccccc1. The third kappa shape index (κ3) is 9.21. The Hall–Kier alpha value is -1.39. The van der Waals surface area contributed by atoms with Crippen molar-refractivity contribution in [2.24, 2.45) is 0 Å². The molecule has 0 fully saturated rings. The van der Waals surface area contributed by atoms with Crippen LogP contribution in [0, 0.1) is 0 Å². The van der Waals surface area contributed by atoms with Gasteiger partial charge in [-0.1, -0.05) is 30.3 Å². The van der Waals surface area contributed by atoms with E-state index in [2.05, 4.69) is 41.5 Å². The number of carbonyl (C=O) groups is 1. The topological polar surface area (TPSA) is 41.6 Å². The Morgan fingerprint density at radius 1 is 1.24 bits per heavy atom. The Bertz CT molecular complexity index is 413. The Kier molecular flexibility index (Phi) is 7.40. The van der Waals surface area contributed by atoms with Crippen LogP contribution in [0.1, 0.15) is 32.8 Å². The lowest BCUT2D eigenvalue weighted by molar-refractivity contribution is -0.130. The Morgan fingerprint density at radius 2 is 1.90 bits per heavy atom. The summed E-state index contributed by atoms with van der Waals surface area (Å²) < 4.78 is 5.43. The average molecular weight is 292 g/mol. The number of rotatable bonds is 8.